The van der Waals surface area contributed by atoms with Crippen molar-refractivity contribution in [2.45, 2.75) is 23.8 Å². The van der Waals surface area contributed by atoms with Crippen LogP contribution in [0.15, 0.2) is 53.4 Å². The summed E-state index contributed by atoms with van der Waals surface area (Å²) in [5.74, 6) is -0.879. The molecule has 0 radical (unpaired) electrons. The predicted molar refractivity (Wildman–Crippen MR) is 126 cm³/mol. The third-order valence-electron chi connectivity index (χ3n) is 5.23. The predicted octanol–water partition coefficient (Wildman–Crippen LogP) is 1.21. The summed E-state index contributed by atoms with van der Waals surface area (Å²) in [6.45, 7) is 1.17. The molecule has 0 aliphatic carbocycles. The zero-order valence-electron chi connectivity index (χ0n) is 19.0. The third-order valence-corrected chi connectivity index (χ3v) is 7.06. The summed E-state index contributed by atoms with van der Waals surface area (Å²) in [5.41, 5.74) is 1.18. The number of carbonyl (C=O) groups excluding carboxylic acids is 3. The van der Waals surface area contributed by atoms with E-state index in [0.717, 1.165) is 10.7 Å². The first-order valence-electron chi connectivity index (χ1n) is 10.8. The molecule has 1 aliphatic heterocycles. The number of nitrogens with one attached hydrogen (secondary N) is 3. The molecule has 34 heavy (non-hydrogen) atoms. The molecular weight excluding hydrogens is 460 g/mol. The van der Waals surface area contributed by atoms with Crippen LogP contribution in [0, 0.1) is 0 Å². The van der Waals surface area contributed by atoms with Crippen molar-refractivity contribution in [2.75, 3.05) is 39.1 Å². The number of hydrogen-bond donors (Lipinski definition) is 3. The van der Waals surface area contributed by atoms with E-state index in [1.165, 1.54) is 38.4 Å². The van der Waals surface area contributed by atoms with Crippen molar-refractivity contribution < 1.29 is 27.5 Å². The number of ether oxygens (including phenoxy) is 1. The number of rotatable bonds is 9. The van der Waals surface area contributed by atoms with Gasteiger partial charge in [0.1, 0.15) is 6.10 Å². The molecule has 3 N–H and O–H groups in total. The van der Waals surface area contributed by atoms with Crippen LogP contribution in [0.1, 0.15) is 33.6 Å². The van der Waals surface area contributed by atoms with E-state index >= 15 is 0 Å². The fourth-order valence-electron chi connectivity index (χ4n) is 3.26. The highest BCUT2D eigenvalue weighted by molar-refractivity contribution is 7.89. The summed E-state index contributed by atoms with van der Waals surface area (Å²) < 4.78 is 30.7. The molecule has 2 aromatic carbocycles. The molecule has 1 heterocycles. The van der Waals surface area contributed by atoms with Gasteiger partial charge in [0.25, 0.3) is 11.8 Å². The highest BCUT2D eigenvalue weighted by atomic mass is 32.2. The van der Waals surface area contributed by atoms with Crippen LogP contribution in [-0.2, 0) is 19.6 Å². The van der Waals surface area contributed by atoms with Crippen molar-refractivity contribution in [1.82, 2.24) is 14.9 Å². The van der Waals surface area contributed by atoms with Gasteiger partial charge in [0, 0.05) is 50.6 Å². The molecule has 2 aromatic rings. The Morgan fingerprint density at radius 2 is 1.50 bits per heavy atom. The second kappa shape index (κ2) is 11.2. The van der Waals surface area contributed by atoms with Gasteiger partial charge in [-0.3, -0.25) is 14.4 Å². The first kappa shape index (κ1) is 25.3. The van der Waals surface area contributed by atoms with Gasteiger partial charge in [-0.25, -0.2) is 12.7 Å². The lowest BCUT2D eigenvalue weighted by molar-refractivity contribution is -0.129. The molecule has 11 heteroatoms. The lowest BCUT2D eigenvalue weighted by atomic mass is 10.1. The lowest BCUT2D eigenvalue weighted by Gasteiger charge is -2.12. The maximum atomic E-state index is 12.5. The molecule has 1 saturated heterocycles. The van der Waals surface area contributed by atoms with Crippen molar-refractivity contribution in [3.63, 3.8) is 0 Å². The van der Waals surface area contributed by atoms with Crippen molar-refractivity contribution in [1.29, 1.82) is 0 Å². The van der Waals surface area contributed by atoms with E-state index in [0.29, 0.717) is 36.4 Å². The summed E-state index contributed by atoms with van der Waals surface area (Å²) in [7, 11) is -0.701. The Balaban J connectivity index is 1.47. The van der Waals surface area contributed by atoms with Crippen molar-refractivity contribution in [3.05, 3.63) is 59.7 Å². The summed E-state index contributed by atoms with van der Waals surface area (Å²) in [6.07, 6.45) is 1.19. The third kappa shape index (κ3) is 6.40. The monoisotopic (exact) mass is 488 g/mol. The molecule has 3 rings (SSSR count). The highest BCUT2D eigenvalue weighted by Crippen LogP contribution is 2.16. The van der Waals surface area contributed by atoms with Gasteiger partial charge in [-0.05, 0) is 61.4 Å². The van der Waals surface area contributed by atoms with Crippen LogP contribution in [0.5, 0.6) is 0 Å². The minimum Gasteiger partial charge on any atom is -0.368 e. The van der Waals surface area contributed by atoms with Gasteiger partial charge in [0.05, 0.1) is 4.90 Å². The highest BCUT2D eigenvalue weighted by Gasteiger charge is 2.23. The molecule has 1 fully saturated rings. The van der Waals surface area contributed by atoms with Gasteiger partial charge in [-0.2, -0.15) is 0 Å². The van der Waals surface area contributed by atoms with Gasteiger partial charge in [0.15, 0.2) is 0 Å². The average Bonchev–Trinajstić information content (AvgIpc) is 3.37. The summed E-state index contributed by atoms with van der Waals surface area (Å²) in [6, 6.07) is 12.0. The number of amides is 3. The molecular formula is C23H28N4O6S. The van der Waals surface area contributed by atoms with E-state index in [1.54, 1.807) is 24.3 Å². The van der Waals surface area contributed by atoms with Crippen LogP contribution < -0.4 is 16.0 Å². The Kier molecular flexibility index (Phi) is 8.37. The lowest BCUT2D eigenvalue weighted by Crippen LogP contribution is -2.39. The van der Waals surface area contributed by atoms with E-state index in [9.17, 15) is 22.8 Å². The summed E-state index contributed by atoms with van der Waals surface area (Å²) in [5, 5.41) is 8.16. The Morgan fingerprint density at radius 3 is 2.09 bits per heavy atom. The Bertz CT molecular complexity index is 1130. The number of carbonyl (C=O) groups is 3. The fourth-order valence-corrected chi connectivity index (χ4v) is 4.16. The smallest absolute Gasteiger partial charge is 0.255 e. The maximum Gasteiger partial charge on any atom is 0.255 e. The zero-order chi connectivity index (χ0) is 24.7. The Morgan fingerprint density at radius 1 is 0.912 bits per heavy atom. The quantitative estimate of drug-likeness (QED) is 0.455. The zero-order valence-corrected chi connectivity index (χ0v) is 19.9. The minimum absolute atomic E-state index is 0.0934. The minimum atomic E-state index is -3.57. The van der Waals surface area contributed by atoms with Gasteiger partial charge in [-0.15, -0.1) is 0 Å². The summed E-state index contributed by atoms with van der Waals surface area (Å²) in [4.78, 5) is 36.7. The van der Waals surface area contributed by atoms with Crippen LogP contribution >= 0.6 is 0 Å². The Labute approximate surface area is 198 Å². The number of benzene rings is 2. The van der Waals surface area contributed by atoms with Gasteiger partial charge < -0.3 is 20.7 Å². The SMILES string of the molecule is CN(C)S(=O)(=O)c1ccc(C(=O)Nc2ccc(C(=O)NCCNC(=O)C3CCCO3)cc2)cc1. The normalized spacial score (nSPS) is 15.7. The van der Waals surface area contributed by atoms with E-state index in [-0.39, 0.29) is 23.3 Å². The van der Waals surface area contributed by atoms with E-state index in [4.69, 9.17) is 4.74 Å². The molecule has 0 spiro atoms. The fraction of sp³-hybridized carbons (Fsp3) is 0.348. The maximum absolute atomic E-state index is 12.5. The van der Waals surface area contributed by atoms with Gasteiger partial charge in [-0.1, -0.05) is 0 Å². The van der Waals surface area contributed by atoms with Crippen molar-refractivity contribution in [3.8, 4) is 0 Å². The van der Waals surface area contributed by atoms with Crippen LogP contribution in [0.3, 0.4) is 0 Å². The second-order valence-electron chi connectivity index (χ2n) is 7.89. The van der Waals surface area contributed by atoms with Crippen LogP contribution in [0.25, 0.3) is 0 Å². The number of nitrogens with zero attached hydrogens (tertiary/aromatic N) is 1. The van der Waals surface area contributed by atoms with Crippen LogP contribution in [0.4, 0.5) is 5.69 Å². The first-order valence-corrected chi connectivity index (χ1v) is 12.2. The molecule has 3 amide bonds. The Hall–Kier alpha value is -3.28. The molecule has 182 valence electrons. The molecule has 0 bridgehead atoms. The largest absolute Gasteiger partial charge is 0.368 e. The van der Waals surface area contributed by atoms with Crippen molar-refractivity contribution in [2.24, 2.45) is 0 Å². The van der Waals surface area contributed by atoms with Crippen LogP contribution in [0.2, 0.25) is 0 Å². The summed E-state index contributed by atoms with van der Waals surface area (Å²) >= 11 is 0. The standard InChI is InChI=1S/C23H28N4O6S/c1-27(2)34(31,32)19-11-7-17(8-12-19)22(29)26-18-9-5-16(6-10-18)21(28)24-13-14-25-23(30)20-4-3-15-33-20/h5-12,20H,3-4,13-15H2,1-2H3,(H,24,28)(H,25,30)(H,26,29). The van der Waals surface area contributed by atoms with Crippen molar-refractivity contribution >= 4 is 33.4 Å². The molecule has 0 saturated carbocycles. The number of anilines is 1. The first-order chi connectivity index (χ1) is 16.2. The molecule has 0 aromatic heterocycles. The van der Waals surface area contributed by atoms with Gasteiger partial charge in [0.2, 0.25) is 15.9 Å². The van der Waals surface area contributed by atoms with E-state index in [1.807, 2.05) is 0 Å². The number of hydrogen-bond acceptors (Lipinski definition) is 6. The molecule has 1 aliphatic rings. The number of sulfonamides is 1. The topological polar surface area (TPSA) is 134 Å². The van der Waals surface area contributed by atoms with Gasteiger partial charge >= 0.3 is 0 Å². The van der Waals surface area contributed by atoms with Crippen LogP contribution in [-0.4, -0.2) is 70.3 Å². The molecule has 1 atom stereocenters. The average molecular weight is 489 g/mol. The second-order valence-corrected chi connectivity index (χ2v) is 10.0. The van der Waals surface area contributed by atoms with E-state index in [2.05, 4.69) is 16.0 Å². The molecule has 10 nitrogen and oxygen atoms in total. The van der Waals surface area contributed by atoms with E-state index < -0.39 is 22.0 Å². The molecule has 1 unspecified atom stereocenters.